The topological polar surface area (TPSA) is 78.9 Å². The van der Waals surface area contributed by atoms with E-state index >= 15 is 0 Å². The zero-order valence-electron chi connectivity index (χ0n) is 36.6. The molecule has 0 spiro atoms. The summed E-state index contributed by atoms with van der Waals surface area (Å²) in [5.41, 5.74) is 0. The molecule has 0 aromatic heterocycles. The van der Waals surface area contributed by atoms with Crippen LogP contribution in [0.25, 0.3) is 0 Å². The molecule has 0 fully saturated rings. The Balaban J connectivity index is 4.53. The Morgan fingerprint density at radius 2 is 0.807 bits per heavy atom. The summed E-state index contributed by atoms with van der Waals surface area (Å²) in [5, 5.41) is 0. The van der Waals surface area contributed by atoms with Crippen LogP contribution < -0.4 is 0 Å². The molecule has 1 atom stereocenters. The van der Waals surface area contributed by atoms with E-state index in [-0.39, 0.29) is 44.0 Å². The van der Waals surface area contributed by atoms with Crippen molar-refractivity contribution in [3.05, 3.63) is 97.2 Å². The summed E-state index contributed by atoms with van der Waals surface area (Å²) in [6.45, 7) is 6.26. The molecule has 0 aromatic carbocycles. The van der Waals surface area contributed by atoms with Gasteiger partial charge >= 0.3 is 17.9 Å². The second kappa shape index (κ2) is 45.0. The van der Waals surface area contributed by atoms with Gasteiger partial charge in [0.15, 0.2) is 6.10 Å². The van der Waals surface area contributed by atoms with Crippen molar-refractivity contribution in [2.24, 2.45) is 0 Å². The summed E-state index contributed by atoms with van der Waals surface area (Å²) < 4.78 is 16.6. The quantitative estimate of drug-likeness (QED) is 0.0203. The SMILES string of the molecule is CC\C=C/C=C\C=C/CCCCCCCC(=O)OC(COC(=O)CC/C=C\C/C=C\C/C=C\C/C=C\C/C=C\CC)COC(=O)CCCCCCCCCCCC. The van der Waals surface area contributed by atoms with Crippen LogP contribution in [0.15, 0.2) is 97.2 Å². The summed E-state index contributed by atoms with van der Waals surface area (Å²) >= 11 is 0. The molecule has 0 amide bonds. The molecule has 6 heteroatoms. The van der Waals surface area contributed by atoms with Crippen LogP contribution in [0.1, 0.15) is 188 Å². The first-order valence-corrected chi connectivity index (χ1v) is 22.8. The van der Waals surface area contributed by atoms with Crippen molar-refractivity contribution in [3.63, 3.8) is 0 Å². The lowest BCUT2D eigenvalue weighted by Crippen LogP contribution is -2.30. The standard InChI is InChI=1S/C51H82O6/c1-4-7-10-13-16-19-22-24-25-26-28-29-32-35-38-41-44-50(53)56-47-48(46-55-49(52)43-40-37-34-31-21-18-15-12-9-6-3)57-51(54)45-42-39-36-33-30-27-23-20-17-14-11-8-5-2/h7-8,10-11,14,16-17,19-20,23-25,28-29,35,38,48H,4-6,9,12-13,15,18,21-22,26-27,30-34,36-37,39-47H2,1-3H3/b10-7-,11-8-,17-14-,19-16-,23-20-,25-24-,29-28-,38-35-. The number of hydrogen-bond donors (Lipinski definition) is 0. The van der Waals surface area contributed by atoms with Crippen LogP contribution >= 0.6 is 0 Å². The van der Waals surface area contributed by atoms with Crippen LogP contribution in [0.3, 0.4) is 0 Å². The van der Waals surface area contributed by atoms with Crippen molar-refractivity contribution in [2.45, 2.75) is 194 Å². The molecule has 6 nitrogen and oxygen atoms in total. The second-order valence-corrected chi connectivity index (χ2v) is 14.6. The second-order valence-electron chi connectivity index (χ2n) is 14.6. The van der Waals surface area contributed by atoms with E-state index in [4.69, 9.17) is 14.2 Å². The van der Waals surface area contributed by atoms with E-state index in [9.17, 15) is 14.4 Å². The predicted molar refractivity (Wildman–Crippen MR) is 242 cm³/mol. The van der Waals surface area contributed by atoms with E-state index in [1.54, 1.807) is 0 Å². The first-order chi connectivity index (χ1) is 28.0. The van der Waals surface area contributed by atoms with Crippen LogP contribution in [0.2, 0.25) is 0 Å². The number of carbonyl (C=O) groups excluding carboxylic acids is 3. The molecule has 0 aliphatic carbocycles. The van der Waals surface area contributed by atoms with Crippen molar-refractivity contribution >= 4 is 17.9 Å². The molecule has 0 rings (SSSR count). The van der Waals surface area contributed by atoms with E-state index in [0.29, 0.717) is 12.8 Å². The summed E-state index contributed by atoms with van der Waals surface area (Å²) in [6.07, 6.45) is 58.3. The smallest absolute Gasteiger partial charge is 0.306 e. The molecular weight excluding hydrogens is 709 g/mol. The minimum Gasteiger partial charge on any atom is -0.462 e. The predicted octanol–water partition coefficient (Wildman–Crippen LogP) is 14.6. The van der Waals surface area contributed by atoms with Gasteiger partial charge in [-0.2, -0.15) is 0 Å². The van der Waals surface area contributed by atoms with Crippen LogP contribution in [-0.2, 0) is 28.6 Å². The zero-order valence-corrected chi connectivity index (χ0v) is 36.6. The first kappa shape index (κ1) is 53.3. The molecule has 0 aromatic rings. The Hall–Kier alpha value is -3.67. The lowest BCUT2D eigenvalue weighted by atomic mass is 10.1. The maximum Gasteiger partial charge on any atom is 0.306 e. The average Bonchev–Trinajstić information content (AvgIpc) is 3.21. The van der Waals surface area contributed by atoms with Gasteiger partial charge in [0.2, 0.25) is 0 Å². The van der Waals surface area contributed by atoms with Crippen LogP contribution in [0.4, 0.5) is 0 Å². The lowest BCUT2D eigenvalue weighted by molar-refractivity contribution is -0.166. The van der Waals surface area contributed by atoms with E-state index in [2.05, 4.69) is 99.8 Å². The van der Waals surface area contributed by atoms with E-state index < -0.39 is 6.10 Å². The van der Waals surface area contributed by atoms with Crippen molar-refractivity contribution in [2.75, 3.05) is 13.2 Å². The maximum atomic E-state index is 12.7. The molecule has 0 aliphatic heterocycles. The summed E-state index contributed by atoms with van der Waals surface area (Å²) in [7, 11) is 0. The van der Waals surface area contributed by atoms with Gasteiger partial charge in [-0.25, -0.2) is 0 Å². The molecule has 0 saturated carbocycles. The van der Waals surface area contributed by atoms with Gasteiger partial charge in [-0.3, -0.25) is 14.4 Å². The van der Waals surface area contributed by atoms with Crippen molar-refractivity contribution < 1.29 is 28.6 Å². The lowest BCUT2D eigenvalue weighted by Gasteiger charge is -2.18. The highest BCUT2D eigenvalue weighted by Crippen LogP contribution is 2.13. The molecule has 0 saturated heterocycles. The van der Waals surface area contributed by atoms with Crippen molar-refractivity contribution in [1.82, 2.24) is 0 Å². The number of unbranched alkanes of at least 4 members (excludes halogenated alkanes) is 14. The molecule has 57 heavy (non-hydrogen) atoms. The third-order valence-electron chi connectivity index (χ3n) is 9.16. The highest BCUT2D eigenvalue weighted by molar-refractivity contribution is 5.71. The Kier molecular flexibility index (Phi) is 42.1. The normalized spacial score (nSPS) is 13.0. The van der Waals surface area contributed by atoms with Gasteiger partial charge in [-0.05, 0) is 70.6 Å². The third kappa shape index (κ3) is 43.3. The van der Waals surface area contributed by atoms with Crippen molar-refractivity contribution in [1.29, 1.82) is 0 Å². The fourth-order valence-corrected chi connectivity index (χ4v) is 5.78. The highest BCUT2D eigenvalue weighted by Gasteiger charge is 2.19. The van der Waals surface area contributed by atoms with Gasteiger partial charge in [0, 0.05) is 19.3 Å². The van der Waals surface area contributed by atoms with Crippen LogP contribution in [-0.4, -0.2) is 37.2 Å². The average molecular weight is 791 g/mol. The number of allylic oxidation sites excluding steroid dienone is 16. The number of hydrogen-bond acceptors (Lipinski definition) is 6. The molecule has 0 aliphatic rings. The number of esters is 3. The molecule has 322 valence electrons. The molecule has 1 unspecified atom stereocenters. The molecule has 0 bridgehead atoms. The number of ether oxygens (including phenoxy) is 3. The minimum atomic E-state index is -0.815. The summed E-state index contributed by atoms with van der Waals surface area (Å²) in [4.78, 5) is 37.7. The Labute approximate surface area is 349 Å². The fraction of sp³-hybridized carbons (Fsp3) is 0.627. The fourth-order valence-electron chi connectivity index (χ4n) is 5.78. The van der Waals surface area contributed by atoms with Gasteiger partial charge < -0.3 is 14.2 Å². The maximum absolute atomic E-state index is 12.7. The zero-order chi connectivity index (χ0) is 41.5. The number of rotatable bonds is 39. The van der Waals surface area contributed by atoms with Crippen LogP contribution in [0.5, 0.6) is 0 Å². The van der Waals surface area contributed by atoms with Gasteiger partial charge in [-0.1, -0.05) is 195 Å². The minimum absolute atomic E-state index is 0.109. The first-order valence-electron chi connectivity index (χ1n) is 22.8. The molecule has 0 heterocycles. The summed E-state index contributed by atoms with van der Waals surface area (Å²) in [5.74, 6) is -1.03. The molecular formula is C51H82O6. The van der Waals surface area contributed by atoms with Gasteiger partial charge in [-0.15, -0.1) is 0 Å². The number of carbonyl (C=O) groups is 3. The summed E-state index contributed by atoms with van der Waals surface area (Å²) in [6, 6.07) is 0. The van der Waals surface area contributed by atoms with Crippen LogP contribution in [0, 0.1) is 0 Å². The third-order valence-corrected chi connectivity index (χ3v) is 9.16. The van der Waals surface area contributed by atoms with Gasteiger partial charge in [0.1, 0.15) is 13.2 Å². The Morgan fingerprint density at radius 3 is 1.33 bits per heavy atom. The monoisotopic (exact) mass is 791 g/mol. The van der Waals surface area contributed by atoms with E-state index in [1.165, 1.54) is 44.9 Å². The Morgan fingerprint density at radius 1 is 0.386 bits per heavy atom. The Bertz CT molecular complexity index is 1180. The van der Waals surface area contributed by atoms with Gasteiger partial charge in [0.25, 0.3) is 0 Å². The largest absolute Gasteiger partial charge is 0.462 e. The van der Waals surface area contributed by atoms with Gasteiger partial charge in [0.05, 0.1) is 0 Å². The highest BCUT2D eigenvalue weighted by atomic mass is 16.6. The van der Waals surface area contributed by atoms with E-state index in [1.807, 2.05) is 18.2 Å². The molecule has 0 N–H and O–H groups in total. The molecule has 0 radical (unpaired) electrons. The van der Waals surface area contributed by atoms with E-state index in [0.717, 1.165) is 96.3 Å². The van der Waals surface area contributed by atoms with Crippen molar-refractivity contribution in [3.8, 4) is 0 Å².